The van der Waals surface area contributed by atoms with Gasteiger partial charge in [-0.05, 0) is 43.1 Å². The minimum Gasteiger partial charge on any atom is -0.497 e. The molecule has 1 aromatic heterocycles. The van der Waals surface area contributed by atoms with E-state index < -0.39 is 0 Å². The number of rotatable bonds is 6. The normalized spacial score (nSPS) is 20.2. The number of carbonyl (C=O) groups excluding carboxylic acids is 1. The molecule has 2 aromatic rings. The molecular formula is C18H24N4O3. The molecule has 2 N–H and O–H groups in total. The summed E-state index contributed by atoms with van der Waals surface area (Å²) in [6.07, 6.45) is 1.86. The highest BCUT2D eigenvalue weighted by atomic mass is 16.5. The second kappa shape index (κ2) is 8.11. The van der Waals surface area contributed by atoms with Gasteiger partial charge in [0.25, 0.3) is 0 Å². The molecule has 3 rings (SSSR count). The predicted octanol–water partition coefficient (Wildman–Crippen LogP) is 1.79. The van der Waals surface area contributed by atoms with Gasteiger partial charge in [0.15, 0.2) is 0 Å². The van der Waals surface area contributed by atoms with Gasteiger partial charge in [0.1, 0.15) is 5.75 Å². The van der Waals surface area contributed by atoms with E-state index in [1.54, 1.807) is 7.11 Å². The van der Waals surface area contributed by atoms with Gasteiger partial charge in [-0.25, -0.2) is 0 Å². The van der Waals surface area contributed by atoms with Crippen molar-refractivity contribution in [1.29, 1.82) is 0 Å². The summed E-state index contributed by atoms with van der Waals surface area (Å²) in [5, 5.41) is 10.4. The molecule has 0 radical (unpaired) electrons. The van der Waals surface area contributed by atoms with Crippen LogP contribution in [0, 0.1) is 5.92 Å². The number of hydrogen-bond acceptors (Lipinski definition) is 6. The van der Waals surface area contributed by atoms with Crippen molar-refractivity contribution < 1.29 is 14.1 Å². The van der Waals surface area contributed by atoms with Crippen LogP contribution in [0.4, 0.5) is 0 Å². The Kier molecular flexibility index (Phi) is 5.65. The van der Waals surface area contributed by atoms with E-state index in [-0.39, 0.29) is 11.9 Å². The number of nitrogens with zero attached hydrogens (tertiary/aromatic N) is 2. The highest BCUT2D eigenvalue weighted by Gasteiger charge is 2.22. The minimum absolute atomic E-state index is 0.0183. The zero-order valence-corrected chi connectivity index (χ0v) is 14.6. The summed E-state index contributed by atoms with van der Waals surface area (Å²) in [6.45, 7) is 4.02. The molecule has 1 aromatic carbocycles. The van der Waals surface area contributed by atoms with Gasteiger partial charge in [0.05, 0.1) is 7.11 Å². The second-order valence-corrected chi connectivity index (χ2v) is 6.38. The van der Waals surface area contributed by atoms with Gasteiger partial charge in [0.2, 0.25) is 17.6 Å². The Balaban J connectivity index is 1.51. The molecule has 1 saturated heterocycles. The zero-order chi connectivity index (χ0) is 17.6. The third-order valence-corrected chi connectivity index (χ3v) is 4.56. The predicted molar refractivity (Wildman–Crippen MR) is 93.2 cm³/mol. The molecule has 25 heavy (non-hydrogen) atoms. The van der Waals surface area contributed by atoms with E-state index in [2.05, 4.69) is 27.7 Å². The Morgan fingerprint density at radius 1 is 1.40 bits per heavy atom. The fraction of sp³-hybridized carbons (Fsp3) is 0.500. The van der Waals surface area contributed by atoms with Gasteiger partial charge < -0.3 is 19.9 Å². The van der Waals surface area contributed by atoms with Crippen molar-refractivity contribution in [3.8, 4) is 17.1 Å². The summed E-state index contributed by atoms with van der Waals surface area (Å²) >= 11 is 0. The van der Waals surface area contributed by atoms with Crippen LogP contribution >= 0.6 is 0 Å². The molecule has 0 saturated carbocycles. The summed E-state index contributed by atoms with van der Waals surface area (Å²) in [5.41, 5.74) is 0.849. The molecule has 1 amide bonds. The largest absolute Gasteiger partial charge is 0.497 e. The molecule has 7 heteroatoms. The SMILES string of the molecule is COc1ccc(-c2noc(CCC(=O)NC3CNCCC3C)n2)cc1. The molecule has 7 nitrogen and oxygen atoms in total. The van der Waals surface area contributed by atoms with Crippen LogP contribution < -0.4 is 15.4 Å². The molecule has 2 atom stereocenters. The van der Waals surface area contributed by atoms with E-state index in [1.807, 2.05) is 24.3 Å². The minimum atomic E-state index is 0.0183. The molecule has 0 spiro atoms. The summed E-state index contributed by atoms with van der Waals surface area (Å²) in [4.78, 5) is 16.5. The third kappa shape index (κ3) is 4.57. The first-order valence-electron chi connectivity index (χ1n) is 8.63. The average Bonchev–Trinajstić information content (AvgIpc) is 3.11. The number of benzene rings is 1. The molecule has 1 fully saturated rings. The maximum atomic E-state index is 12.1. The second-order valence-electron chi connectivity index (χ2n) is 6.38. The van der Waals surface area contributed by atoms with Crippen molar-refractivity contribution in [2.24, 2.45) is 5.92 Å². The van der Waals surface area contributed by atoms with Crippen molar-refractivity contribution in [3.05, 3.63) is 30.2 Å². The first-order valence-corrected chi connectivity index (χ1v) is 8.63. The van der Waals surface area contributed by atoms with Crippen LogP contribution in [0.15, 0.2) is 28.8 Å². The van der Waals surface area contributed by atoms with Crippen molar-refractivity contribution in [2.45, 2.75) is 32.2 Å². The molecule has 0 bridgehead atoms. The van der Waals surface area contributed by atoms with Gasteiger partial charge >= 0.3 is 0 Å². The van der Waals surface area contributed by atoms with Gasteiger partial charge in [-0.2, -0.15) is 4.98 Å². The lowest BCUT2D eigenvalue weighted by atomic mass is 9.95. The lowest BCUT2D eigenvalue weighted by Crippen LogP contribution is -2.50. The lowest BCUT2D eigenvalue weighted by Gasteiger charge is -2.30. The maximum absolute atomic E-state index is 12.1. The molecule has 1 aliphatic heterocycles. The summed E-state index contributed by atoms with van der Waals surface area (Å²) < 4.78 is 10.4. The van der Waals surface area contributed by atoms with Crippen LogP contribution in [0.3, 0.4) is 0 Å². The number of ether oxygens (including phenoxy) is 1. The topological polar surface area (TPSA) is 89.3 Å². The lowest BCUT2D eigenvalue weighted by molar-refractivity contribution is -0.122. The standard InChI is InChI=1S/C18H24N4O3/c1-12-9-10-19-11-15(12)20-16(23)7-8-17-21-18(22-25-17)13-3-5-14(24-2)6-4-13/h3-6,12,15,19H,7-11H2,1-2H3,(H,20,23). The molecule has 1 aliphatic rings. The van der Waals surface area contributed by atoms with Crippen LogP contribution in [0.1, 0.15) is 25.7 Å². The number of nitrogens with one attached hydrogen (secondary N) is 2. The Hall–Kier alpha value is -2.41. The fourth-order valence-electron chi connectivity index (χ4n) is 2.90. The summed E-state index contributed by atoms with van der Waals surface area (Å²) in [6, 6.07) is 7.63. The van der Waals surface area contributed by atoms with E-state index >= 15 is 0 Å². The van der Waals surface area contributed by atoms with Crippen LogP contribution in [-0.2, 0) is 11.2 Å². The first-order chi connectivity index (χ1) is 12.2. The number of hydrogen-bond donors (Lipinski definition) is 2. The zero-order valence-electron chi connectivity index (χ0n) is 14.6. The molecule has 0 aliphatic carbocycles. The van der Waals surface area contributed by atoms with Crippen LogP contribution in [0.25, 0.3) is 11.4 Å². The molecule has 2 heterocycles. The fourth-order valence-corrected chi connectivity index (χ4v) is 2.90. The van der Waals surface area contributed by atoms with Gasteiger partial charge in [-0.1, -0.05) is 12.1 Å². The van der Waals surface area contributed by atoms with Crippen molar-refractivity contribution in [2.75, 3.05) is 20.2 Å². The Morgan fingerprint density at radius 3 is 2.92 bits per heavy atom. The van der Waals surface area contributed by atoms with E-state index in [1.165, 1.54) is 0 Å². The smallest absolute Gasteiger partial charge is 0.227 e. The number of aryl methyl sites for hydroxylation is 1. The van der Waals surface area contributed by atoms with Crippen LogP contribution in [-0.4, -0.2) is 42.3 Å². The summed E-state index contributed by atoms with van der Waals surface area (Å²) in [7, 11) is 1.62. The number of aromatic nitrogens is 2. The molecular weight excluding hydrogens is 320 g/mol. The van der Waals surface area contributed by atoms with E-state index in [4.69, 9.17) is 9.26 Å². The summed E-state index contributed by atoms with van der Waals surface area (Å²) in [5.74, 6) is 2.27. The van der Waals surface area contributed by atoms with E-state index in [0.29, 0.717) is 30.5 Å². The third-order valence-electron chi connectivity index (χ3n) is 4.56. The van der Waals surface area contributed by atoms with E-state index in [0.717, 1.165) is 30.8 Å². The van der Waals surface area contributed by atoms with Gasteiger partial charge in [-0.15, -0.1) is 0 Å². The number of amides is 1. The quantitative estimate of drug-likeness (QED) is 0.830. The number of methoxy groups -OCH3 is 1. The monoisotopic (exact) mass is 344 g/mol. The molecule has 2 unspecified atom stereocenters. The Labute approximate surface area is 147 Å². The highest BCUT2D eigenvalue weighted by Crippen LogP contribution is 2.20. The Morgan fingerprint density at radius 2 is 2.20 bits per heavy atom. The van der Waals surface area contributed by atoms with Crippen molar-refractivity contribution in [1.82, 2.24) is 20.8 Å². The van der Waals surface area contributed by atoms with Gasteiger partial charge in [0, 0.05) is 31.0 Å². The first kappa shape index (κ1) is 17.4. The highest BCUT2D eigenvalue weighted by molar-refractivity contribution is 5.76. The number of piperidine rings is 1. The average molecular weight is 344 g/mol. The molecule has 134 valence electrons. The van der Waals surface area contributed by atoms with Crippen LogP contribution in [0.2, 0.25) is 0 Å². The Bertz CT molecular complexity index is 699. The van der Waals surface area contributed by atoms with Gasteiger partial charge in [-0.3, -0.25) is 4.79 Å². The van der Waals surface area contributed by atoms with Crippen molar-refractivity contribution in [3.63, 3.8) is 0 Å². The maximum Gasteiger partial charge on any atom is 0.227 e. The van der Waals surface area contributed by atoms with E-state index in [9.17, 15) is 4.79 Å². The van der Waals surface area contributed by atoms with Crippen molar-refractivity contribution >= 4 is 5.91 Å². The van der Waals surface area contributed by atoms with Crippen LogP contribution in [0.5, 0.6) is 5.75 Å². The number of carbonyl (C=O) groups is 1.